The third-order valence-electron chi connectivity index (χ3n) is 0.807. The minimum absolute atomic E-state index is 0.750. The lowest BCUT2D eigenvalue weighted by atomic mass is 10.5. The van der Waals surface area contributed by atoms with Gasteiger partial charge in [0.2, 0.25) is 0 Å². The highest BCUT2D eigenvalue weighted by molar-refractivity contribution is 4.93. The van der Waals surface area contributed by atoms with E-state index in [2.05, 4.69) is 5.10 Å². The van der Waals surface area contributed by atoms with Crippen molar-refractivity contribution in [2.24, 2.45) is 0 Å². The van der Waals surface area contributed by atoms with Gasteiger partial charge >= 0.3 is 0 Å². The zero-order valence-corrected chi connectivity index (χ0v) is 6.00. The van der Waals surface area contributed by atoms with E-state index < -0.39 is 0 Å². The molecule has 1 aromatic heterocycles. The van der Waals surface area contributed by atoms with Gasteiger partial charge in [0.1, 0.15) is 0 Å². The fraction of sp³-hybridized carbons (Fsp3) is 0.500. The van der Waals surface area contributed by atoms with E-state index in [4.69, 9.17) is 5.21 Å². The van der Waals surface area contributed by atoms with Crippen LogP contribution < -0.4 is 0 Å². The molecule has 3 nitrogen and oxygen atoms in total. The van der Waals surface area contributed by atoms with Crippen molar-refractivity contribution >= 4 is 0 Å². The first-order valence-corrected chi connectivity index (χ1v) is 3.00. The average molecular weight is 128 g/mol. The monoisotopic (exact) mass is 128 g/mol. The van der Waals surface area contributed by atoms with Gasteiger partial charge in [0, 0.05) is 0 Å². The molecule has 0 saturated heterocycles. The average Bonchev–Trinajstić information content (AvgIpc) is 2.23. The van der Waals surface area contributed by atoms with Crippen molar-refractivity contribution in [1.29, 1.82) is 0 Å². The summed E-state index contributed by atoms with van der Waals surface area (Å²) in [5.41, 5.74) is 0.750. The zero-order valence-electron chi connectivity index (χ0n) is 6.00. The minimum atomic E-state index is 0.750. The van der Waals surface area contributed by atoms with Gasteiger partial charge in [0.05, 0.1) is 11.9 Å². The van der Waals surface area contributed by atoms with Gasteiger partial charge in [-0.1, -0.05) is 13.8 Å². The summed E-state index contributed by atoms with van der Waals surface area (Å²) in [5, 5.41) is 12.1. The first-order valence-electron chi connectivity index (χ1n) is 3.00. The van der Waals surface area contributed by atoms with Crippen LogP contribution in [0.3, 0.4) is 0 Å². The molecule has 3 heteroatoms. The van der Waals surface area contributed by atoms with Crippen molar-refractivity contribution in [3.63, 3.8) is 0 Å². The lowest BCUT2D eigenvalue weighted by Gasteiger charge is -1.85. The van der Waals surface area contributed by atoms with Gasteiger partial charge in [-0.15, -0.1) is 9.94 Å². The molecule has 1 rings (SSSR count). The van der Waals surface area contributed by atoms with Gasteiger partial charge in [-0.3, -0.25) is 0 Å². The predicted octanol–water partition coefficient (Wildman–Crippen LogP) is 1.46. The highest BCUT2D eigenvalue weighted by atomic mass is 16.5. The Morgan fingerprint density at radius 3 is 2.22 bits per heavy atom. The van der Waals surface area contributed by atoms with Crippen LogP contribution in [0.1, 0.15) is 19.5 Å². The van der Waals surface area contributed by atoms with Crippen molar-refractivity contribution in [2.45, 2.75) is 20.8 Å². The number of nitrogens with zero attached hydrogens (tertiary/aromatic N) is 2. The highest BCUT2D eigenvalue weighted by Gasteiger charge is 1.86. The summed E-state index contributed by atoms with van der Waals surface area (Å²) in [6, 6.07) is 1.72. The van der Waals surface area contributed by atoms with E-state index in [1.165, 1.54) is 6.20 Å². The third-order valence-corrected chi connectivity index (χ3v) is 0.807. The van der Waals surface area contributed by atoms with Crippen molar-refractivity contribution in [3.8, 4) is 0 Å². The fourth-order valence-corrected chi connectivity index (χ4v) is 0.362. The normalized spacial score (nSPS) is 7.89. The summed E-state index contributed by atoms with van der Waals surface area (Å²) in [7, 11) is 0. The van der Waals surface area contributed by atoms with Crippen molar-refractivity contribution in [3.05, 3.63) is 18.0 Å². The Hall–Kier alpha value is -0.990. The van der Waals surface area contributed by atoms with Gasteiger partial charge in [0.15, 0.2) is 0 Å². The number of hydrogen-bond acceptors (Lipinski definition) is 2. The van der Waals surface area contributed by atoms with Gasteiger partial charge in [-0.05, 0) is 13.0 Å². The Morgan fingerprint density at radius 1 is 1.56 bits per heavy atom. The Kier molecular flexibility index (Phi) is 3.51. The Balaban J connectivity index is 0.000000291. The van der Waals surface area contributed by atoms with Crippen LogP contribution in [-0.2, 0) is 0 Å². The lowest BCUT2D eigenvalue weighted by molar-refractivity contribution is 0.142. The van der Waals surface area contributed by atoms with Crippen LogP contribution in [0.2, 0.25) is 0 Å². The standard InChI is InChI=1S/C4H6N2O.C2H6/c1-4-2-3-5-6(4)7;1-2/h2-3,7H,1H3;1-2H3. The molecule has 0 spiro atoms. The van der Waals surface area contributed by atoms with Gasteiger partial charge in [-0.2, -0.15) is 0 Å². The molecule has 0 radical (unpaired) electrons. The first kappa shape index (κ1) is 8.01. The Bertz CT molecular complexity index is 143. The second kappa shape index (κ2) is 3.95. The van der Waals surface area contributed by atoms with Crippen LogP contribution in [0.25, 0.3) is 0 Å². The van der Waals surface area contributed by atoms with E-state index >= 15 is 0 Å². The van der Waals surface area contributed by atoms with E-state index in [0.29, 0.717) is 0 Å². The van der Waals surface area contributed by atoms with E-state index in [9.17, 15) is 0 Å². The predicted molar refractivity (Wildman–Crippen MR) is 35.5 cm³/mol. The lowest BCUT2D eigenvalue weighted by Crippen LogP contribution is -1.92. The van der Waals surface area contributed by atoms with Gasteiger partial charge in [0.25, 0.3) is 0 Å². The van der Waals surface area contributed by atoms with Crippen molar-refractivity contribution in [2.75, 3.05) is 0 Å². The Morgan fingerprint density at radius 2 is 2.11 bits per heavy atom. The molecule has 1 aromatic rings. The number of hydrogen-bond donors (Lipinski definition) is 1. The molecule has 52 valence electrons. The minimum Gasteiger partial charge on any atom is -0.412 e. The molecule has 9 heavy (non-hydrogen) atoms. The summed E-state index contributed by atoms with van der Waals surface area (Å²) in [6.07, 6.45) is 1.54. The number of rotatable bonds is 0. The second-order valence-corrected chi connectivity index (χ2v) is 1.36. The molecule has 0 aliphatic heterocycles. The zero-order chi connectivity index (χ0) is 7.28. The summed E-state index contributed by atoms with van der Waals surface area (Å²) < 4.78 is 0. The summed E-state index contributed by atoms with van der Waals surface area (Å²) in [6.45, 7) is 5.77. The molecule has 0 aliphatic carbocycles. The van der Waals surface area contributed by atoms with Crippen molar-refractivity contribution in [1.82, 2.24) is 9.94 Å². The largest absolute Gasteiger partial charge is 0.412 e. The molecule has 0 aromatic carbocycles. The molecule has 0 bridgehead atoms. The van der Waals surface area contributed by atoms with Crippen LogP contribution in [-0.4, -0.2) is 15.2 Å². The van der Waals surface area contributed by atoms with Crippen LogP contribution in [0.4, 0.5) is 0 Å². The second-order valence-electron chi connectivity index (χ2n) is 1.36. The fourth-order valence-electron chi connectivity index (χ4n) is 0.362. The quantitative estimate of drug-likeness (QED) is 0.537. The number of aryl methyl sites for hydroxylation is 1. The van der Waals surface area contributed by atoms with Crippen LogP contribution in [0.5, 0.6) is 0 Å². The molecule has 0 aliphatic rings. The summed E-state index contributed by atoms with van der Waals surface area (Å²) in [4.78, 5) is 0.833. The van der Waals surface area contributed by atoms with E-state index in [1.807, 2.05) is 13.8 Å². The smallest absolute Gasteiger partial charge is 0.0767 e. The maximum atomic E-state index is 8.56. The topological polar surface area (TPSA) is 38.0 Å². The highest BCUT2D eigenvalue weighted by Crippen LogP contribution is 1.88. The number of aromatic nitrogens is 2. The maximum absolute atomic E-state index is 8.56. The van der Waals surface area contributed by atoms with Crippen molar-refractivity contribution < 1.29 is 5.21 Å². The van der Waals surface area contributed by atoms with Crippen LogP contribution in [0, 0.1) is 6.92 Å². The SMILES string of the molecule is CC.Cc1ccnn1O. The van der Waals surface area contributed by atoms with Gasteiger partial charge < -0.3 is 5.21 Å². The Labute approximate surface area is 54.9 Å². The molecule has 0 unspecified atom stereocenters. The van der Waals surface area contributed by atoms with E-state index in [-0.39, 0.29) is 0 Å². The van der Waals surface area contributed by atoms with E-state index in [1.54, 1.807) is 13.0 Å². The van der Waals surface area contributed by atoms with Crippen LogP contribution in [0.15, 0.2) is 12.3 Å². The molecule has 0 fully saturated rings. The molecule has 0 atom stereocenters. The molecular weight excluding hydrogens is 116 g/mol. The van der Waals surface area contributed by atoms with Gasteiger partial charge in [-0.25, -0.2) is 0 Å². The maximum Gasteiger partial charge on any atom is 0.0767 e. The molecule has 1 heterocycles. The molecular formula is C6H12N2O. The summed E-state index contributed by atoms with van der Waals surface area (Å²) in [5.74, 6) is 0. The molecule has 1 N–H and O–H groups in total. The third kappa shape index (κ3) is 2.17. The molecule has 0 saturated carbocycles. The summed E-state index contributed by atoms with van der Waals surface area (Å²) >= 11 is 0. The molecule has 0 amide bonds. The first-order chi connectivity index (χ1) is 4.30. The van der Waals surface area contributed by atoms with Crippen LogP contribution >= 0.6 is 0 Å². The van der Waals surface area contributed by atoms with E-state index in [0.717, 1.165) is 10.5 Å².